The first kappa shape index (κ1) is 23.8. The highest BCUT2D eigenvalue weighted by atomic mass is 79.9. The molecule has 3 aromatic carbocycles. The van der Waals surface area contributed by atoms with Crippen LogP contribution in [0.15, 0.2) is 63.5 Å². The van der Waals surface area contributed by atoms with E-state index in [2.05, 4.69) is 45.7 Å². The third-order valence-electron chi connectivity index (χ3n) is 5.11. The highest BCUT2D eigenvalue weighted by Gasteiger charge is 2.23. The summed E-state index contributed by atoms with van der Waals surface area (Å²) in [6.45, 7) is 5.87. The molecule has 3 rings (SSSR count). The third-order valence-corrected chi connectivity index (χ3v) is 6.29. The van der Waals surface area contributed by atoms with Crippen LogP contribution in [0.2, 0.25) is 0 Å². The van der Waals surface area contributed by atoms with E-state index in [1.807, 2.05) is 54.6 Å². The number of hydrogen-bond acceptors (Lipinski definition) is 4. The second kappa shape index (κ2) is 10.2. The van der Waals surface area contributed by atoms with E-state index >= 15 is 0 Å². The molecule has 0 aliphatic carbocycles. The molecule has 0 heterocycles. The molecule has 0 bridgehead atoms. The monoisotopic (exact) mass is 548 g/mol. The van der Waals surface area contributed by atoms with E-state index in [4.69, 9.17) is 9.47 Å². The first-order chi connectivity index (χ1) is 14.7. The van der Waals surface area contributed by atoms with Gasteiger partial charge in [0.1, 0.15) is 17.6 Å². The van der Waals surface area contributed by atoms with E-state index in [1.165, 1.54) is 0 Å². The smallest absolute Gasteiger partial charge is 0.155 e. The van der Waals surface area contributed by atoms with Gasteiger partial charge in [-0.1, -0.05) is 44.2 Å². The van der Waals surface area contributed by atoms with Gasteiger partial charge in [0, 0.05) is 11.1 Å². The van der Waals surface area contributed by atoms with Crippen LogP contribution in [0, 0.1) is 0 Å². The van der Waals surface area contributed by atoms with Gasteiger partial charge in [-0.15, -0.1) is 0 Å². The predicted octanol–water partition coefficient (Wildman–Crippen LogP) is 7.27. The van der Waals surface area contributed by atoms with Crippen molar-refractivity contribution in [2.75, 3.05) is 7.11 Å². The number of aliphatic hydroxyl groups excluding tert-OH is 2. The average molecular weight is 550 g/mol. The van der Waals surface area contributed by atoms with Crippen LogP contribution in [-0.2, 0) is 0 Å². The molecule has 0 aliphatic heterocycles. The van der Waals surface area contributed by atoms with Gasteiger partial charge in [-0.3, -0.25) is 0 Å². The molecule has 2 unspecified atom stereocenters. The Morgan fingerprint density at radius 2 is 1.35 bits per heavy atom. The summed E-state index contributed by atoms with van der Waals surface area (Å²) < 4.78 is 13.4. The topological polar surface area (TPSA) is 58.9 Å². The lowest BCUT2D eigenvalue weighted by Crippen LogP contribution is -2.06. The zero-order valence-corrected chi connectivity index (χ0v) is 21.1. The zero-order chi connectivity index (χ0) is 22.7. The summed E-state index contributed by atoms with van der Waals surface area (Å²) >= 11 is 7.11. The van der Waals surface area contributed by atoms with Gasteiger partial charge in [-0.2, -0.15) is 0 Å². The molecule has 0 spiro atoms. The van der Waals surface area contributed by atoms with E-state index in [0.717, 1.165) is 16.7 Å². The lowest BCUT2D eigenvalue weighted by atomic mass is 9.94. The van der Waals surface area contributed by atoms with E-state index < -0.39 is 12.2 Å². The van der Waals surface area contributed by atoms with Gasteiger partial charge in [-0.25, -0.2) is 0 Å². The van der Waals surface area contributed by atoms with Crippen LogP contribution in [0.3, 0.4) is 0 Å². The maximum absolute atomic E-state index is 11.2. The van der Waals surface area contributed by atoms with Crippen molar-refractivity contribution in [2.45, 2.75) is 38.9 Å². The Hall–Kier alpha value is -1.86. The molecule has 6 heteroatoms. The minimum absolute atomic E-state index is 0.199. The molecular weight excluding hydrogens is 524 g/mol. The first-order valence-electron chi connectivity index (χ1n) is 10.0. The summed E-state index contributed by atoms with van der Waals surface area (Å²) in [5.74, 6) is 2.00. The van der Waals surface area contributed by atoms with Crippen LogP contribution in [0.5, 0.6) is 17.2 Å². The standard InChI is InChI=1S/C25H26Br2O4/c1-14(2)18-12-23(31-25-20(26)10-17(15(3)28)11-21(25)27)19(13-22(18)30-4)24(29)16-8-6-5-7-9-16/h5-15,24,28-29H,1-4H3. The van der Waals surface area contributed by atoms with Gasteiger partial charge < -0.3 is 19.7 Å². The van der Waals surface area contributed by atoms with Crippen LogP contribution < -0.4 is 9.47 Å². The molecule has 0 fully saturated rings. The second-order valence-electron chi connectivity index (χ2n) is 7.69. The molecule has 0 amide bonds. The Kier molecular flexibility index (Phi) is 7.81. The van der Waals surface area contributed by atoms with Gasteiger partial charge >= 0.3 is 0 Å². The number of aliphatic hydroxyl groups is 2. The SMILES string of the molecule is COc1cc(C(O)c2ccccc2)c(Oc2c(Br)cc(C(C)O)cc2Br)cc1C(C)C. The quantitative estimate of drug-likeness (QED) is 0.325. The van der Waals surface area contributed by atoms with Crippen LogP contribution in [0.4, 0.5) is 0 Å². The molecule has 0 saturated carbocycles. The number of hydrogen-bond donors (Lipinski definition) is 2. The molecule has 0 radical (unpaired) electrons. The Labute approximate surface area is 200 Å². The first-order valence-corrected chi connectivity index (χ1v) is 11.6. The van der Waals surface area contributed by atoms with Crippen molar-refractivity contribution in [1.29, 1.82) is 0 Å². The Bertz CT molecular complexity index is 1030. The summed E-state index contributed by atoms with van der Waals surface area (Å²) in [5.41, 5.74) is 3.10. The minimum Gasteiger partial charge on any atom is -0.496 e. The van der Waals surface area contributed by atoms with Crippen molar-refractivity contribution < 1.29 is 19.7 Å². The number of halogens is 2. The summed E-state index contributed by atoms with van der Waals surface area (Å²) in [6.07, 6.45) is -1.49. The normalized spacial score (nSPS) is 13.2. The van der Waals surface area contributed by atoms with Crippen LogP contribution in [-0.4, -0.2) is 17.3 Å². The maximum atomic E-state index is 11.2. The zero-order valence-electron chi connectivity index (χ0n) is 17.9. The van der Waals surface area contributed by atoms with Crippen molar-refractivity contribution >= 4 is 31.9 Å². The van der Waals surface area contributed by atoms with Crippen molar-refractivity contribution in [2.24, 2.45) is 0 Å². The lowest BCUT2D eigenvalue weighted by Gasteiger charge is -2.22. The maximum Gasteiger partial charge on any atom is 0.155 e. The molecule has 2 N–H and O–H groups in total. The summed E-state index contributed by atoms with van der Waals surface area (Å²) in [6, 6.07) is 16.9. The molecule has 164 valence electrons. The molecule has 0 aliphatic rings. The number of ether oxygens (including phenoxy) is 2. The van der Waals surface area contributed by atoms with E-state index in [1.54, 1.807) is 14.0 Å². The van der Waals surface area contributed by atoms with Crippen LogP contribution in [0.1, 0.15) is 61.2 Å². The Balaban J connectivity index is 2.15. The molecule has 0 aromatic heterocycles. The third kappa shape index (κ3) is 5.32. The number of benzene rings is 3. The van der Waals surface area contributed by atoms with Crippen molar-refractivity contribution in [3.63, 3.8) is 0 Å². The van der Waals surface area contributed by atoms with Crippen LogP contribution in [0.25, 0.3) is 0 Å². The highest BCUT2D eigenvalue weighted by Crippen LogP contribution is 2.44. The van der Waals surface area contributed by atoms with E-state index in [-0.39, 0.29) is 5.92 Å². The molecule has 31 heavy (non-hydrogen) atoms. The molecular formula is C25H26Br2O4. The summed E-state index contributed by atoms with van der Waals surface area (Å²) in [5, 5.41) is 21.1. The fourth-order valence-corrected chi connectivity index (χ4v) is 4.75. The van der Waals surface area contributed by atoms with Crippen molar-refractivity contribution in [1.82, 2.24) is 0 Å². The lowest BCUT2D eigenvalue weighted by molar-refractivity contribution is 0.199. The summed E-state index contributed by atoms with van der Waals surface area (Å²) in [7, 11) is 1.63. The Morgan fingerprint density at radius 3 is 1.87 bits per heavy atom. The van der Waals surface area contributed by atoms with Crippen molar-refractivity contribution in [3.8, 4) is 17.2 Å². The van der Waals surface area contributed by atoms with Gasteiger partial charge in [0.05, 0.1) is 22.2 Å². The minimum atomic E-state index is -0.888. The van der Waals surface area contributed by atoms with Gasteiger partial charge in [0.15, 0.2) is 5.75 Å². The fraction of sp³-hybridized carbons (Fsp3) is 0.280. The molecule has 2 atom stereocenters. The van der Waals surface area contributed by atoms with Crippen molar-refractivity contribution in [3.05, 3.63) is 85.8 Å². The van der Waals surface area contributed by atoms with Gasteiger partial charge in [-0.05, 0) is 80.1 Å². The highest BCUT2D eigenvalue weighted by molar-refractivity contribution is 9.11. The summed E-state index contributed by atoms with van der Waals surface area (Å²) in [4.78, 5) is 0. The predicted molar refractivity (Wildman–Crippen MR) is 130 cm³/mol. The Morgan fingerprint density at radius 1 is 0.774 bits per heavy atom. The van der Waals surface area contributed by atoms with Crippen LogP contribution >= 0.6 is 31.9 Å². The molecule has 4 nitrogen and oxygen atoms in total. The van der Waals surface area contributed by atoms with E-state index in [0.29, 0.717) is 31.8 Å². The van der Waals surface area contributed by atoms with E-state index in [9.17, 15) is 10.2 Å². The average Bonchev–Trinajstić information content (AvgIpc) is 2.75. The molecule has 0 saturated heterocycles. The number of methoxy groups -OCH3 is 1. The van der Waals surface area contributed by atoms with Gasteiger partial charge in [0.25, 0.3) is 0 Å². The second-order valence-corrected chi connectivity index (χ2v) is 9.40. The molecule has 3 aromatic rings. The number of rotatable bonds is 7. The fourth-order valence-electron chi connectivity index (χ4n) is 3.36. The van der Waals surface area contributed by atoms with Gasteiger partial charge in [0.2, 0.25) is 0 Å². The largest absolute Gasteiger partial charge is 0.496 e.